The summed E-state index contributed by atoms with van der Waals surface area (Å²) in [6.07, 6.45) is -7.15. The lowest BCUT2D eigenvalue weighted by molar-refractivity contribution is -0.347. The van der Waals surface area contributed by atoms with Crippen LogP contribution >= 0.6 is 35.2 Å². The Morgan fingerprint density at radius 3 is 2.41 bits per heavy atom. The van der Waals surface area contributed by atoms with Crippen molar-refractivity contribution >= 4 is 69.1 Å². The van der Waals surface area contributed by atoms with Gasteiger partial charge in [0.25, 0.3) is 15.6 Å². The van der Waals surface area contributed by atoms with Gasteiger partial charge in [0.05, 0.1) is 33.5 Å². The number of carbonyl (C=O) groups excluding carboxylic acids is 3. The Labute approximate surface area is 323 Å². The Bertz CT molecular complexity index is 1820. The first-order valence-corrected chi connectivity index (χ1v) is 22.0. The summed E-state index contributed by atoms with van der Waals surface area (Å²) in [4.78, 5) is 95.8. The number of nitrogens with one attached hydrogen (secondary N) is 2. The van der Waals surface area contributed by atoms with Crippen LogP contribution in [0.15, 0.2) is 12.7 Å². The molecule has 3 heterocycles. The van der Waals surface area contributed by atoms with Gasteiger partial charge in [-0.05, 0) is 6.42 Å². The topological polar surface area (TPSA) is 395 Å². The number of phosphoric acid groups is 3. The molecule has 29 heteroatoms. The van der Waals surface area contributed by atoms with E-state index in [1.165, 1.54) is 13.8 Å². The number of fused-ring (bicyclic) bond motifs is 1. The molecule has 0 aliphatic carbocycles. The lowest BCUT2D eigenvalue weighted by atomic mass is 9.87. The summed E-state index contributed by atoms with van der Waals surface area (Å²) < 4.78 is 60.4. The van der Waals surface area contributed by atoms with Crippen molar-refractivity contribution < 1.29 is 85.6 Å². The summed E-state index contributed by atoms with van der Waals surface area (Å²) in [5.41, 5.74) is 4.04. The highest BCUT2D eigenvalue weighted by molar-refractivity contribution is 8.13. The molecule has 8 atom stereocenters. The van der Waals surface area contributed by atoms with Gasteiger partial charge in [-0.15, -0.1) is 0 Å². The average Bonchev–Trinajstić information content (AvgIpc) is 3.64. The van der Waals surface area contributed by atoms with Crippen LogP contribution in [-0.2, 0) is 50.7 Å². The summed E-state index contributed by atoms with van der Waals surface area (Å²) in [5.74, 6) is -1.35. The van der Waals surface area contributed by atoms with Crippen LogP contribution in [0.2, 0.25) is 0 Å². The van der Waals surface area contributed by atoms with Gasteiger partial charge in [0.15, 0.2) is 22.8 Å². The van der Waals surface area contributed by atoms with Crippen molar-refractivity contribution in [2.24, 2.45) is 5.41 Å². The number of nitrogens with zero attached hydrogens (tertiary/aromatic N) is 4. The number of carbonyl (C=O) groups is 3. The van der Waals surface area contributed by atoms with Gasteiger partial charge in [-0.25, -0.2) is 19.3 Å². The summed E-state index contributed by atoms with van der Waals surface area (Å²) in [5, 5.41) is 35.6. The van der Waals surface area contributed by atoms with E-state index in [1.807, 2.05) is 6.92 Å². The number of amides is 2. The normalized spacial score (nSPS) is 22.2. The second kappa shape index (κ2) is 20.5. The van der Waals surface area contributed by atoms with Crippen LogP contribution in [0.1, 0.15) is 52.7 Å². The molecule has 2 amide bonds. The molecule has 0 saturated carbocycles. The quantitative estimate of drug-likeness (QED) is 0.0470. The number of phosphoric ester groups is 3. The molecule has 7 N–H and O–H groups in total. The standard InChI is InChI=1S/C27H46N7O18P3S/c1-4-5-15(35)10-18(37)56-9-8-29-17(36)6-7-30-25(40)22(39)27(2,3)12-49-55(46,47)52-54(44,45)48-11-16-21(51-53(41,42)43)20(38)26(50-16)34-14-33-19-23(28)31-13-32-24(19)34/h13-16,20-22,26,35,38-39H,4-12H2,1-3H3,(H,29,36)(H,30,40)(H,44,45)(H,46,47)(H2,28,31,32)(H2,41,42,43)/p-4/t15?,16-,20-,21-,22+,26-/m1/s1. The first-order valence-electron chi connectivity index (χ1n) is 16.6. The number of anilines is 1. The molecule has 1 aliphatic heterocycles. The van der Waals surface area contributed by atoms with Gasteiger partial charge >= 0.3 is 0 Å². The van der Waals surface area contributed by atoms with Crippen molar-refractivity contribution in [2.45, 2.75) is 83.2 Å². The van der Waals surface area contributed by atoms with Crippen molar-refractivity contribution in [3.63, 3.8) is 0 Å². The summed E-state index contributed by atoms with van der Waals surface area (Å²) in [7, 11) is -17.6. The maximum Gasteiger partial charge on any atom is 0.274 e. The summed E-state index contributed by atoms with van der Waals surface area (Å²) in [6.45, 7) is 1.85. The van der Waals surface area contributed by atoms with Crippen LogP contribution in [0.25, 0.3) is 11.2 Å². The fraction of sp³-hybridized carbons (Fsp3) is 0.704. The smallest absolute Gasteiger partial charge is 0.274 e. The lowest BCUT2D eigenvalue weighted by Gasteiger charge is -2.36. The maximum absolute atomic E-state index is 12.5. The van der Waals surface area contributed by atoms with Gasteiger partial charge in [0.1, 0.15) is 36.3 Å². The zero-order valence-electron chi connectivity index (χ0n) is 30.1. The molecule has 1 saturated heterocycles. The molecule has 0 bridgehead atoms. The molecule has 3 unspecified atom stereocenters. The Morgan fingerprint density at radius 1 is 1.07 bits per heavy atom. The molecule has 25 nitrogen and oxygen atoms in total. The molecule has 1 fully saturated rings. The Kier molecular flexibility index (Phi) is 17.5. The minimum Gasteiger partial charge on any atom is -0.790 e. The second-order valence-corrected chi connectivity index (χ2v) is 18.1. The van der Waals surface area contributed by atoms with Crippen LogP contribution in [0.5, 0.6) is 0 Å². The van der Waals surface area contributed by atoms with E-state index in [9.17, 15) is 63.0 Å². The Balaban J connectivity index is 1.48. The highest BCUT2D eigenvalue weighted by Gasteiger charge is 2.47. The third-order valence-electron chi connectivity index (χ3n) is 7.76. The number of thioether (sulfide) groups is 1. The summed E-state index contributed by atoms with van der Waals surface area (Å²) in [6, 6.07) is 0. The lowest BCUT2D eigenvalue weighted by Crippen LogP contribution is -2.46. The molecular formula is C27H42N7O18P3S-4. The third-order valence-corrected chi connectivity index (χ3v) is 11.7. The molecule has 0 aromatic carbocycles. The van der Waals surface area contributed by atoms with E-state index >= 15 is 0 Å². The van der Waals surface area contributed by atoms with E-state index in [0.29, 0.717) is 6.42 Å². The van der Waals surface area contributed by atoms with Gasteiger partial charge in [-0.3, -0.25) is 28.1 Å². The molecule has 2 aromatic rings. The minimum atomic E-state index is -5.92. The number of ether oxygens (including phenoxy) is 1. The van der Waals surface area contributed by atoms with Crippen LogP contribution < -0.4 is 35.9 Å². The van der Waals surface area contributed by atoms with E-state index in [0.717, 1.165) is 35.4 Å². The predicted molar refractivity (Wildman–Crippen MR) is 184 cm³/mol. The zero-order chi connectivity index (χ0) is 42.1. The number of nitrogen functional groups attached to an aromatic ring is 1. The van der Waals surface area contributed by atoms with Gasteiger partial charge in [0, 0.05) is 37.1 Å². The van der Waals surface area contributed by atoms with Crippen molar-refractivity contribution in [1.82, 2.24) is 30.2 Å². The van der Waals surface area contributed by atoms with Crippen molar-refractivity contribution in [2.75, 3.05) is 37.8 Å². The summed E-state index contributed by atoms with van der Waals surface area (Å²) >= 11 is 0.953. The van der Waals surface area contributed by atoms with Crippen LogP contribution in [0.4, 0.5) is 5.82 Å². The van der Waals surface area contributed by atoms with Crippen LogP contribution in [0.3, 0.4) is 0 Å². The van der Waals surface area contributed by atoms with Crippen molar-refractivity contribution in [3.05, 3.63) is 12.7 Å². The third kappa shape index (κ3) is 14.7. The molecule has 0 spiro atoms. The van der Waals surface area contributed by atoms with E-state index in [2.05, 4.69) is 43.5 Å². The number of aliphatic hydroxyl groups is 3. The van der Waals surface area contributed by atoms with Gasteiger partial charge in [0.2, 0.25) is 11.8 Å². The van der Waals surface area contributed by atoms with E-state index in [1.54, 1.807) is 0 Å². The molecule has 56 heavy (non-hydrogen) atoms. The fourth-order valence-corrected chi connectivity index (χ4v) is 8.44. The van der Waals surface area contributed by atoms with E-state index in [-0.39, 0.29) is 53.8 Å². The molecule has 1 aliphatic rings. The largest absolute Gasteiger partial charge is 0.790 e. The minimum absolute atomic E-state index is 0.00116. The van der Waals surface area contributed by atoms with Crippen molar-refractivity contribution in [3.8, 4) is 0 Å². The second-order valence-electron chi connectivity index (χ2n) is 12.9. The first kappa shape index (κ1) is 47.9. The number of rotatable bonds is 23. The number of nitrogens with two attached hydrogens (primary N) is 1. The highest BCUT2D eigenvalue weighted by atomic mass is 32.2. The van der Waals surface area contributed by atoms with Crippen LogP contribution in [-0.4, -0.2) is 114 Å². The van der Waals surface area contributed by atoms with E-state index < -0.39 is 90.7 Å². The average molecular weight is 878 g/mol. The zero-order valence-corrected chi connectivity index (χ0v) is 33.6. The van der Waals surface area contributed by atoms with E-state index in [4.69, 9.17) is 10.5 Å². The maximum atomic E-state index is 12.5. The van der Waals surface area contributed by atoms with Gasteiger partial charge < -0.3 is 74.1 Å². The SMILES string of the molecule is CCCC(O)CC(=O)SCCNC(=O)CCNC(=O)[C@H](O)C(C)(C)COP(=O)([O-])OP(=O)([O-])OC[C@H]1O[C@@H](n2cnc3c(N)ncnc32)[C@H](O)[C@@H]1OP(=O)([O-])[O-]. The number of hydrogen-bond donors (Lipinski definition) is 6. The number of imidazole rings is 1. The van der Waals surface area contributed by atoms with Crippen LogP contribution in [0, 0.1) is 5.41 Å². The molecule has 318 valence electrons. The monoisotopic (exact) mass is 877 g/mol. The Morgan fingerprint density at radius 2 is 1.75 bits per heavy atom. The number of aliphatic hydroxyl groups excluding tert-OH is 3. The van der Waals surface area contributed by atoms with Gasteiger partial charge in [-0.1, -0.05) is 39.0 Å². The molecular weight excluding hydrogens is 835 g/mol. The molecule has 3 rings (SSSR count). The highest BCUT2D eigenvalue weighted by Crippen LogP contribution is 2.56. The predicted octanol–water partition coefficient (Wildman–Crippen LogP) is -3.31. The molecule has 0 radical (unpaired) electrons. The van der Waals surface area contributed by atoms with Crippen molar-refractivity contribution in [1.29, 1.82) is 0 Å². The Hall–Kier alpha value is -2.48. The fourth-order valence-electron chi connectivity index (χ4n) is 4.96. The first-order chi connectivity index (χ1) is 25.9. The number of hydrogen-bond acceptors (Lipinski definition) is 23. The van der Waals surface area contributed by atoms with Gasteiger partial charge in [-0.2, -0.15) is 0 Å². The number of aromatic nitrogens is 4. The molecule has 2 aromatic heterocycles.